The van der Waals surface area contributed by atoms with E-state index in [1.807, 2.05) is 30.0 Å². The molecular formula is C11H12ClN3S. The average molecular weight is 254 g/mol. The molecule has 5 heteroatoms. The fourth-order valence-electron chi connectivity index (χ4n) is 1.33. The van der Waals surface area contributed by atoms with Crippen molar-refractivity contribution in [3.8, 4) is 0 Å². The monoisotopic (exact) mass is 253 g/mol. The highest BCUT2D eigenvalue weighted by Crippen LogP contribution is 2.06. The van der Waals surface area contributed by atoms with Crippen LogP contribution in [-0.2, 0) is 13.0 Å². The SMILES string of the molecule is Clc1ccc(CCNCc2cncs2)cn1. The first-order valence-corrected chi connectivity index (χ1v) is 6.29. The van der Waals surface area contributed by atoms with Gasteiger partial charge in [-0.1, -0.05) is 17.7 Å². The molecule has 0 aliphatic heterocycles. The number of thiazole rings is 1. The van der Waals surface area contributed by atoms with E-state index in [9.17, 15) is 0 Å². The second kappa shape index (κ2) is 5.94. The molecule has 2 aromatic rings. The van der Waals surface area contributed by atoms with Crippen LogP contribution in [-0.4, -0.2) is 16.5 Å². The number of rotatable bonds is 5. The molecule has 2 rings (SSSR count). The summed E-state index contributed by atoms with van der Waals surface area (Å²) < 4.78 is 0. The number of pyridine rings is 1. The average Bonchev–Trinajstić information content (AvgIpc) is 2.80. The van der Waals surface area contributed by atoms with Gasteiger partial charge in [0.05, 0.1) is 5.51 Å². The van der Waals surface area contributed by atoms with Crippen LogP contribution >= 0.6 is 22.9 Å². The third kappa shape index (κ3) is 3.56. The first-order valence-electron chi connectivity index (χ1n) is 5.03. The van der Waals surface area contributed by atoms with Gasteiger partial charge in [-0.2, -0.15) is 0 Å². The Hall–Kier alpha value is -0.970. The second-order valence-electron chi connectivity index (χ2n) is 3.38. The predicted octanol–water partition coefficient (Wildman–Crippen LogP) is 2.52. The molecular weight excluding hydrogens is 242 g/mol. The summed E-state index contributed by atoms with van der Waals surface area (Å²) >= 11 is 7.38. The topological polar surface area (TPSA) is 37.8 Å². The molecule has 0 unspecified atom stereocenters. The molecule has 0 aliphatic rings. The van der Waals surface area contributed by atoms with E-state index in [0.29, 0.717) is 5.15 Å². The lowest BCUT2D eigenvalue weighted by molar-refractivity contribution is 0.692. The minimum absolute atomic E-state index is 0.543. The molecule has 2 heterocycles. The van der Waals surface area contributed by atoms with Crippen molar-refractivity contribution in [3.05, 3.63) is 45.6 Å². The van der Waals surface area contributed by atoms with Crippen molar-refractivity contribution in [2.24, 2.45) is 0 Å². The molecule has 3 nitrogen and oxygen atoms in total. The van der Waals surface area contributed by atoms with Crippen LogP contribution < -0.4 is 5.32 Å². The molecule has 0 atom stereocenters. The lowest BCUT2D eigenvalue weighted by atomic mass is 10.2. The van der Waals surface area contributed by atoms with Gasteiger partial charge in [0.25, 0.3) is 0 Å². The standard InChI is InChI=1S/C11H12ClN3S/c12-11-2-1-9(5-15-11)3-4-13-6-10-7-14-8-16-10/h1-2,5,7-8,13H,3-4,6H2. The quantitative estimate of drug-likeness (QED) is 0.657. The summed E-state index contributed by atoms with van der Waals surface area (Å²) in [6.45, 7) is 1.81. The van der Waals surface area contributed by atoms with E-state index in [1.54, 1.807) is 11.3 Å². The Morgan fingerprint density at radius 2 is 2.25 bits per heavy atom. The molecule has 1 N–H and O–H groups in total. The Morgan fingerprint density at radius 3 is 2.94 bits per heavy atom. The van der Waals surface area contributed by atoms with Crippen LogP contribution in [0.1, 0.15) is 10.4 Å². The maximum absolute atomic E-state index is 5.71. The first kappa shape index (κ1) is 11.5. The second-order valence-corrected chi connectivity index (χ2v) is 4.74. The summed E-state index contributed by atoms with van der Waals surface area (Å²) in [5.74, 6) is 0. The molecule has 0 bridgehead atoms. The van der Waals surface area contributed by atoms with E-state index >= 15 is 0 Å². The third-order valence-corrected chi connectivity index (χ3v) is 3.16. The van der Waals surface area contributed by atoms with Crippen LogP contribution in [0.15, 0.2) is 30.0 Å². The van der Waals surface area contributed by atoms with Crippen LogP contribution in [0.5, 0.6) is 0 Å². The van der Waals surface area contributed by atoms with Gasteiger partial charge in [0.15, 0.2) is 0 Å². The third-order valence-electron chi connectivity index (χ3n) is 2.16. The van der Waals surface area contributed by atoms with Crippen molar-refractivity contribution in [2.45, 2.75) is 13.0 Å². The van der Waals surface area contributed by atoms with Crippen LogP contribution in [0.2, 0.25) is 5.15 Å². The summed E-state index contributed by atoms with van der Waals surface area (Å²) in [6.07, 6.45) is 4.67. The molecule has 16 heavy (non-hydrogen) atoms. The summed E-state index contributed by atoms with van der Waals surface area (Å²) in [6, 6.07) is 3.82. The highest BCUT2D eigenvalue weighted by atomic mass is 35.5. The Morgan fingerprint density at radius 1 is 1.31 bits per heavy atom. The Kier molecular flexibility index (Phi) is 4.27. The van der Waals surface area contributed by atoms with Crippen molar-refractivity contribution in [2.75, 3.05) is 6.54 Å². The molecule has 0 aliphatic carbocycles. The molecule has 0 radical (unpaired) electrons. The molecule has 0 aromatic carbocycles. The van der Waals surface area contributed by atoms with E-state index < -0.39 is 0 Å². The van der Waals surface area contributed by atoms with Gasteiger partial charge in [-0.3, -0.25) is 4.98 Å². The van der Waals surface area contributed by atoms with E-state index in [1.165, 1.54) is 10.4 Å². The van der Waals surface area contributed by atoms with Crippen LogP contribution in [0.4, 0.5) is 0 Å². The lowest BCUT2D eigenvalue weighted by Gasteiger charge is -2.02. The predicted molar refractivity (Wildman–Crippen MR) is 66.8 cm³/mol. The summed E-state index contributed by atoms with van der Waals surface area (Å²) in [5.41, 5.74) is 3.04. The fourth-order valence-corrected chi connectivity index (χ4v) is 2.00. The summed E-state index contributed by atoms with van der Waals surface area (Å²) in [4.78, 5) is 9.32. The van der Waals surface area contributed by atoms with Gasteiger partial charge in [0, 0.05) is 23.8 Å². The van der Waals surface area contributed by atoms with Gasteiger partial charge >= 0.3 is 0 Å². The normalized spacial score (nSPS) is 10.6. The zero-order valence-electron chi connectivity index (χ0n) is 8.69. The lowest BCUT2D eigenvalue weighted by Crippen LogP contribution is -2.15. The molecule has 2 aromatic heterocycles. The zero-order chi connectivity index (χ0) is 11.2. The Balaban J connectivity index is 1.70. The van der Waals surface area contributed by atoms with Crippen molar-refractivity contribution in [1.29, 1.82) is 0 Å². The fraction of sp³-hybridized carbons (Fsp3) is 0.273. The van der Waals surface area contributed by atoms with Crippen LogP contribution in [0.3, 0.4) is 0 Å². The largest absolute Gasteiger partial charge is 0.311 e. The van der Waals surface area contributed by atoms with Gasteiger partial charge < -0.3 is 5.32 Å². The number of nitrogens with zero attached hydrogens (tertiary/aromatic N) is 2. The number of nitrogens with one attached hydrogen (secondary N) is 1. The van der Waals surface area contributed by atoms with Crippen molar-refractivity contribution in [3.63, 3.8) is 0 Å². The van der Waals surface area contributed by atoms with E-state index in [2.05, 4.69) is 15.3 Å². The molecule has 0 amide bonds. The van der Waals surface area contributed by atoms with Crippen molar-refractivity contribution < 1.29 is 0 Å². The maximum Gasteiger partial charge on any atom is 0.129 e. The molecule has 0 fully saturated rings. The van der Waals surface area contributed by atoms with Gasteiger partial charge in [-0.05, 0) is 24.6 Å². The molecule has 0 spiro atoms. The molecule has 0 saturated heterocycles. The van der Waals surface area contributed by atoms with E-state index in [4.69, 9.17) is 11.6 Å². The number of hydrogen-bond acceptors (Lipinski definition) is 4. The van der Waals surface area contributed by atoms with Crippen molar-refractivity contribution in [1.82, 2.24) is 15.3 Å². The van der Waals surface area contributed by atoms with Gasteiger partial charge in [0.1, 0.15) is 5.15 Å². The minimum Gasteiger partial charge on any atom is -0.311 e. The first-order chi connectivity index (χ1) is 7.84. The summed E-state index contributed by atoms with van der Waals surface area (Å²) in [5, 5.41) is 3.90. The minimum atomic E-state index is 0.543. The van der Waals surface area contributed by atoms with Gasteiger partial charge in [-0.15, -0.1) is 11.3 Å². The van der Waals surface area contributed by atoms with E-state index in [0.717, 1.165) is 19.5 Å². The number of aromatic nitrogens is 2. The summed E-state index contributed by atoms with van der Waals surface area (Å²) in [7, 11) is 0. The van der Waals surface area contributed by atoms with E-state index in [-0.39, 0.29) is 0 Å². The highest BCUT2D eigenvalue weighted by molar-refractivity contribution is 7.09. The number of hydrogen-bond donors (Lipinski definition) is 1. The van der Waals surface area contributed by atoms with Crippen LogP contribution in [0, 0.1) is 0 Å². The Labute approximate surface area is 104 Å². The van der Waals surface area contributed by atoms with Crippen LogP contribution in [0.25, 0.3) is 0 Å². The Bertz CT molecular complexity index is 413. The molecule has 84 valence electrons. The van der Waals surface area contributed by atoms with Gasteiger partial charge in [-0.25, -0.2) is 4.98 Å². The smallest absolute Gasteiger partial charge is 0.129 e. The highest BCUT2D eigenvalue weighted by Gasteiger charge is 1.96. The molecule has 0 saturated carbocycles. The van der Waals surface area contributed by atoms with Gasteiger partial charge in [0.2, 0.25) is 0 Å². The maximum atomic E-state index is 5.71. The zero-order valence-corrected chi connectivity index (χ0v) is 10.3. The van der Waals surface area contributed by atoms with Crippen molar-refractivity contribution >= 4 is 22.9 Å². The number of halogens is 1.